The van der Waals surface area contributed by atoms with E-state index < -0.39 is 5.54 Å². The van der Waals surface area contributed by atoms with Crippen LogP contribution in [-0.2, 0) is 10.3 Å². The molecule has 5 heteroatoms. The van der Waals surface area contributed by atoms with Crippen molar-refractivity contribution in [1.29, 1.82) is 0 Å². The van der Waals surface area contributed by atoms with Crippen molar-refractivity contribution in [2.45, 2.75) is 18.4 Å². The minimum Gasteiger partial charge on any atom is -0.368 e. The third-order valence-corrected chi connectivity index (χ3v) is 4.75. The molecule has 1 saturated heterocycles. The highest BCUT2D eigenvalue weighted by atomic mass is 16.2. The molecule has 2 aromatic carbocycles. The highest BCUT2D eigenvalue weighted by Gasteiger charge is 2.52. The van der Waals surface area contributed by atoms with Crippen molar-refractivity contribution >= 4 is 11.9 Å². The van der Waals surface area contributed by atoms with Gasteiger partial charge in [-0.25, -0.2) is 15.0 Å². The van der Waals surface area contributed by atoms with Gasteiger partial charge in [0.05, 0.1) is 0 Å². The fourth-order valence-electron chi connectivity index (χ4n) is 3.60. The average molecular weight is 320 g/mol. The molecule has 2 aliphatic heterocycles. The first-order valence-electron chi connectivity index (χ1n) is 8.29. The number of carbonyl (C=O) groups excluding carboxylic acids is 1. The number of nitrogens with two attached hydrogens (primary N) is 1. The van der Waals surface area contributed by atoms with E-state index in [9.17, 15) is 4.79 Å². The molecule has 1 fully saturated rings. The molecule has 0 aliphatic carbocycles. The Kier molecular flexibility index (Phi) is 3.58. The third kappa shape index (κ3) is 2.12. The van der Waals surface area contributed by atoms with Gasteiger partial charge in [0.2, 0.25) is 5.96 Å². The van der Waals surface area contributed by atoms with Crippen LogP contribution >= 0.6 is 0 Å². The van der Waals surface area contributed by atoms with Crippen LogP contribution < -0.4 is 5.73 Å². The third-order valence-electron chi connectivity index (χ3n) is 4.75. The molecule has 2 aromatic rings. The van der Waals surface area contributed by atoms with Gasteiger partial charge < -0.3 is 5.73 Å². The summed E-state index contributed by atoms with van der Waals surface area (Å²) < 4.78 is 0. The molecule has 0 atom stereocenters. The Morgan fingerprint density at radius 1 is 0.875 bits per heavy atom. The number of carbonyl (C=O) groups is 1. The van der Waals surface area contributed by atoms with Gasteiger partial charge in [-0.05, 0) is 24.0 Å². The van der Waals surface area contributed by atoms with E-state index in [1.54, 1.807) is 5.01 Å². The summed E-state index contributed by atoms with van der Waals surface area (Å²) in [5, 5.41) is 3.59. The summed E-state index contributed by atoms with van der Waals surface area (Å²) in [5.41, 5.74) is 6.79. The molecule has 2 N–H and O–H groups in total. The van der Waals surface area contributed by atoms with Gasteiger partial charge in [0.25, 0.3) is 5.91 Å². The number of benzene rings is 2. The van der Waals surface area contributed by atoms with E-state index in [4.69, 9.17) is 10.7 Å². The first-order chi connectivity index (χ1) is 11.7. The van der Waals surface area contributed by atoms with Gasteiger partial charge >= 0.3 is 0 Å². The quantitative estimate of drug-likeness (QED) is 0.942. The lowest BCUT2D eigenvalue weighted by Gasteiger charge is -2.31. The van der Waals surface area contributed by atoms with E-state index in [0.29, 0.717) is 0 Å². The summed E-state index contributed by atoms with van der Waals surface area (Å²) in [6.07, 6.45) is 2.14. The Hall–Kier alpha value is -2.66. The fourth-order valence-corrected chi connectivity index (χ4v) is 3.60. The molecule has 5 nitrogen and oxygen atoms in total. The molecular formula is C19H20N4O. The predicted molar refractivity (Wildman–Crippen MR) is 92.9 cm³/mol. The van der Waals surface area contributed by atoms with Crippen molar-refractivity contribution < 1.29 is 4.79 Å². The maximum absolute atomic E-state index is 13.5. The van der Waals surface area contributed by atoms with Gasteiger partial charge in [0.1, 0.15) is 0 Å². The molecule has 2 heterocycles. The van der Waals surface area contributed by atoms with Gasteiger partial charge in [0.15, 0.2) is 5.54 Å². The summed E-state index contributed by atoms with van der Waals surface area (Å²) in [6, 6.07) is 19.3. The van der Waals surface area contributed by atoms with Crippen LogP contribution in [-0.4, -0.2) is 35.0 Å². The topological polar surface area (TPSA) is 61.9 Å². The van der Waals surface area contributed by atoms with Crippen molar-refractivity contribution in [3.05, 3.63) is 71.8 Å². The molecule has 2 aliphatic rings. The summed E-state index contributed by atoms with van der Waals surface area (Å²) in [7, 11) is 0. The smallest absolute Gasteiger partial charge is 0.281 e. The largest absolute Gasteiger partial charge is 0.368 e. The lowest BCUT2D eigenvalue weighted by Crippen LogP contribution is -2.52. The number of hydrogen-bond donors (Lipinski definition) is 1. The number of nitrogens with zero attached hydrogens (tertiary/aromatic N) is 3. The second kappa shape index (κ2) is 5.76. The van der Waals surface area contributed by atoms with Crippen molar-refractivity contribution in [3.63, 3.8) is 0 Å². The predicted octanol–water partition coefficient (Wildman–Crippen LogP) is 2.10. The number of hydrogen-bond acceptors (Lipinski definition) is 4. The molecule has 0 unspecified atom stereocenters. The zero-order chi connectivity index (χ0) is 16.6. The SMILES string of the molecule is NC1=NC(c2ccccc2)(c2ccccc2)C(=O)N1N1CCCC1. The molecule has 0 spiro atoms. The minimum atomic E-state index is -1.10. The molecule has 24 heavy (non-hydrogen) atoms. The van der Waals surface area contributed by atoms with E-state index in [1.165, 1.54) is 0 Å². The summed E-state index contributed by atoms with van der Waals surface area (Å²) in [5.74, 6) is 0.175. The summed E-state index contributed by atoms with van der Waals surface area (Å²) >= 11 is 0. The molecule has 0 radical (unpaired) electrons. The first-order valence-corrected chi connectivity index (χ1v) is 8.29. The average Bonchev–Trinajstić information content (AvgIpc) is 3.23. The molecular weight excluding hydrogens is 300 g/mol. The van der Waals surface area contributed by atoms with Crippen LogP contribution in [0.3, 0.4) is 0 Å². The summed E-state index contributed by atoms with van der Waals surface area (Å²) in [4.78, 5) is 18.2. The summed E-state index contributed by atoms with van der Waals surface area (Å²) in [6.45, 7) is 1.67. The van der Waals surface area contributed by atoms with Crippen molar-refractivity contribution in [1.82, 2.24) is 10.0 Å². The van der Waals surface area contributed by atoms with Crippen LogP contribution in [0.25, 0.3) is 0 Å². The second-order valence-corrected chi connectivity index (χ2v) is 6.19. The Morgan fingerprint density at radius 2 is 1.38 bits per heavy atom. The number of guanidine groups is 1. The number of rotatable bonds is 3. The molecule has 0 aromatic heterocycles. The van der Waals surface area contributed by atoms with Gasteiger partial charge in [-0.15, -0.1) is 0 Å². The standard InChI is InChI=1S/C19H20N4O/c20-18-21-19(15-9-3-1-4-10-15,16-11-5-2-6-12-16)17(24)23(18)22-13-7-8-14-22/h1-6,9-12H,7-8,13-14H2,(H2,20,21). The minimum absolute atomic E-state index is 0.0979. The van der Waals surface area contributed by atoms with E-state index >= 15 is 0 Å². The monoisotopic (exact) mass is 320 g/mol. The Balaban J connectivity index is 1.88. The van der Waals surface area contributed by atoms with E-state index in [0.717, 1.165) is 37.1 Å². The number of aliphatic imine (C=N–C) groups is 1. The second-order valence-electron chi connectivity index (χ2n) is 6.19. The van der Waals surface area contributed by atoms with E-state index in [-0.39, 0.29) is 11.9 Å². The van der Waals surface area contributed by atoms with Crippen LogP contribution in [0.5, 0.6) is 0 Å². The van der Waals surface area contributed by atoms with Crippen molar-refractivity contribution in [2.24, 2.45) is 10.7 Å². The first kappa shape index (κ1) is 14.9. The van der Waals surface area contributed by atoms with Crippen molar-refractivity contribution in [3.8, 4) is 0 Å². The van der Waals surface area contributed by atoms with Gasteiger partial charge in [0, 0.05) is 13.1 Å². The highest BCUT2D eigenvalue weighted by molar-refractivity contribution is 6.08. The fraction of sp³-hybridized carbons (Fsp3) is 0.263. The van der Waals surface area contributed by atoms with Crippen LogP contribution in [0.15, 0.2) is 65.7 Å². The number of amides is 1. The van der Waals surface area contributed by atoms with Crippen LogP contribution in [0.2, 0.25) is 0 Å². The number of hydrazine groups is 1. The van der Waals surface area contributed by atoms with Gasteiger partial charge in [-0.3, -0.25) is 4.79 Å². The van der Waals surface area contributed by atoms with Crippen LogP contribution in [0.1, 0.15) is 24.0 Å². The molecule has 122 valence electrons. The zero-order valence-corrected chi connectivity index (χ0v) is 13.4. The van der Waals surface area contributed by atoms with Gasteiger partial charge in [-0.2, -0.15) is 0 Å². The maximum atomic E-state index is 13.5. The lowest BCUT2D eigenvalue weighted by molar-refractivity contribution is -0.140. The Bertz CT molecular complexity index is 727. The lowest BCUT2D eigenvalue weighted by atomic mass is 9.83. The van der Waals surface area contributed by atoms with Crippen molar-refractivity contribution in [2.75, 3.05) is 13.1 Å². The van der Waals surface area contributed by atoms with Crippen LogP contribution in [0.4, 0.5) is 0 Å². The highest BCUT2D eigenvalue weighted by Crippen LogP contribution is 2.40. The van der Waals surface area contributed by atoms with Crippen LogP contribution in [0, 0.1) is 0 Å². The zero-order valence-electron chi connectivity index (χ0n) is 13.4. The maximum Gasteiger partial charge on any atom is 0.281 e. The molecule has 0 bridgehead atoms. The van der Waals surface area contributed by atoms with E-state index in [2.05, 4.69) is 0 Å². The Labute approximate surface area is 141 Å². The van der Waals surface area contributed by atoms with Gasteiger partial charge in [-0.1, -0.05) is 60.7 Å². The molecule has 1 amide bonds. The molecule has 0 saturated carbocycles. The normalized spacial score (nSPS) is 20.4. The Morgan fingerprint density at radius 3 is 1.88 bits per heavy atom. The molecule has 4 rings (SSSR count). The van der Waals surface area contributed by atoms with E-state index in [1.807, 2.05) is 65.7 Å².